The van der Waals surface area contributed by atoms with Crippen LogP contribution in [-0.4, -0.2) is 59.1 Å². The Morgan fingerprint density at radius 1 is 1.35 bits per heavy atom. The summed E-state index contributed by atoms with van der Waals surface area (Å²) in [5, 5.41) is 0.517. The van der Waals surface area contributed by atoms with E-state index in [9.17, 15) is 9.59 Å². The standard InChI is InChI=1S/C18H25Cl2N3O3/c1-18(2,3)26-17(25)22(4)10-12-6-5-9-23(11-12)16(24)15-13(19)7-8-14(20)21-15/h7-8,12H,5-6,9-11H2,1-4H3. The molecule has 0 saturated carbocycles. The van der Waals surface area contributed by atoms with Crippen LogP contribution in [-0.2, 0) is 4.74 Å². The van der Waals surface area contributed by atoms with Crippen LogP contribution in [0.3, 0.4) is 0 Å². The third-order valence-electron chi connectivity index (χ3n) is 4.06. The Balaban J connectivity index is 1.99. The number of pyridine rings is 1. The van der Waals surface area contributed by atoms with E-state index in [1.807, 2.05) is 20.8 Å². The van der Waals surface area contributed by atoms with Gasteiger partial charge in [-0.25, -0.2) is 9.78 Å². The average Bonchev–Trinajstić information content (AvgIpc) is 2.55. The van der Waals surface area contributed by atoms with Crippen molar-refractivity contribution in [3.8, 4) is 0 Å². The third-order valence-corrected chi connectivity index (χ3v) is 4.57. The van der Waals surface area contributed by atoms with Crippen molar-refractivity contribution in [2.24, 2.45) is 5.92 Å². The number of aromatic nitrogens is 1. The highest BCUT2D eigenvalue weighted by atomic mass is 35.5. The molecule has 1 aromatic rings. The Labute approximate surface area is 164 Å². The van der Waals surface area contributed by atoms with Crippen LogP contribution in [0.25, 0.3) is 0 Å². The number of carbonyl (C=O) groups is 2. The average molecular weight is 402 g/mol. The maximum absolute atomic E-state index is 12.7. The Kier molecular flexibility index (Phi) is 6.74. The van der Waals surface area contributed by atoms with Gasteiger partial charge in [0.2, 0.25) is 0 Å². The Morgan fingerprint density at radius 2 is 2.04 bits per heavy atom. The van der Waals surface area contributed by atoms with Gasteiger partial charge in [0.05, 0.1) is 5.02 Å². The van der Waals surface area contributed by atoms with E-state index in [0.29, 0.717) is 19.6 Å². The predicted molar refractivity (Wildman–Crippen MR) is 102 cm³/mol. The van der Waals surface area contributed by atoms with Crippen molar-refractivity contribution in [3.63, 3.8) is 0 Å². The van der Waals surface area contributed by atoms with Gasteiger partial charge in [0.1, 0.15) is 16.4 Å². The minimum absolute atomic E-state index is 0.167. The number of amides is 2. The highest BCUT2D eigenvalue weighted by Crippen LogP contribution is 2.23. The molecule has 0 aliphatic carbocycles. The van der Waals surface area contributed by atoms with Gasteiger partial charge in [0.25, 0.3) is 5.91 Å². The molecule has 26 heavy (non-hydrogen) atoms. The molecule has 0 N–H and O–H groups in total. The van der Waals surface area contributed by atoms with E-state index in [1.54, 1.807) is 29.0 Å². The lowest BCUT2D eigenvalue weighted by Gasteiger charge is -2.35. The first kappa shape index (κ1) is 20.8. The van der Waals surface area contributed by atoms with Crippen molar-refractivity contribution >= 4 is 35.2 Å². The summed E-state index contributed by atoms with van der Waals surface area (Å²) in [6.45, 7) is 7.20. The predicted octanol–water partition coefficient (Wildman–Crippen LogP) is 4.11. The molecule has 2 rings (SSSR count). The summed E-state index contributed by atoms with van der Waals surface area (Å²) in [4.78, 5) is 32.2. The molecular formula is C18H25Cl2N3O3. The zero-order chi connectivity index (χ0) is 19.5. The zero-order valence-corrected chi connectivity index (χ0v) is 17.1. The van der Waals surface area contributed by atoms with Gasteiger partial charge in [0.15, 0.2) is 0 Å². The molecule has 6 nitrogen and oxygen atoms in total. The summed E-state index contributed by atoms with van der Waals surface area (Å²) in [7, 11) is 1.71. The Morgan fingerprint density at radius 3 is 2.69 bits per heavy atom. The smallest absolute Gasteiger partial charge is 0.410 e. The molecule has 0 radical (unpaired) electrons. The molecular weight excluding hydrogens is 377 g/mol. The highest BCUT2D eigenvalue weighted by molar-refractivity contribution is 6.34. The minimum atomic E-state index is -0.533. The second-order valence-corrected chi connectivity index (χ2v) is 8.38. The monoisotopic (exact) mass is 401 g/mol. The van der Waals surface area contributed by atoms with E-state index in [0.717, 1.165) is 12.8 Å². The van der Waals surface area contributed by atoms with E-state index < -0.39 is 5.60 Å². The molecule has 144 valence electrons. The van der Waals surface area contributed by atoms with Gasteiger partial charge in [-0.05, 0) is 51.7 Å². The lowest BCUT2D eigenvalue weighted by atomic mass is 9.97. The lowest BCUT2D eigenvalue weighted by molar-refractivity contribution is 0.0244. The second-order valence-electron chi connectivity index (χ2n) is 7.58. The number of ether oxygens (including phenoxy) is 1. The number of carbonyl (C=O) groups excluding carboxylic acids is 2. The van der Waals surface area contributed by atoms with E-state index in [4.69, 9.17) is 27.9 Å². The van der Waals surface area contributed by atoms with Crippen molar-refractivity contribution in [1.29, 1.82) is 0 Å². The van der Waals surface area contributed by atoms with Gasteiger partial charge >= 0.3 is 6.09 Å². The number of likely N-dealkylation sites (tertiary alicyclic amines) is 1. The second kappa shape index (κ2) is 8.44. The van der Waals surface area contributed by atoms with Gasteiger partial charge in [0, 0.05) is 26.7 Å². The fourth-order valence-electron chi connectivity index (χ4n) is 2.92. The lowest BCUT2D eigenvalue weighted by Crippen LogP contribution is -2.45. The van der Waals surface area contributed by atoms with E-state index >= 15 is 0 Å². The number of piperidine rings is 1. The van der Waals surface area contributed by atoms with Crippen molar-refractivity contribution in [3.05, 3.63) is 28.0 Å². The molecule has 1 atom stereocenters. The highest BCUT2D eigenvalue weighted by Gasteiger charge is 2.29. The fourth-order valence-corrected chi connectivity index (χ4v) is 3.25. The van der Waals surface area contributed by atoms with Crippen LogP contribution in [0.5, 0.6) is 0 Å². The van der Waals surface area contributed by atoms with Crippen LogP contribution in [0.2, 0.25) is 10.2 Å². The van der Waals surface area contributed by atoms with Crippen molar-refractivity contribution in [2.45, 2.75) is 39.2 Å². The summed E-state index contributed by atoms with van der Waals surface area (Å²) in [5.41, 5.74) is -0.366. The normalized spacial score (nSPS) is 17.8. The summed E-state index contributed by atoms with van der Waals surface area (Å²) in [5.74, 6) is -0.0645. The maximum Gasteiger partial charge on any atom is 0.410 e. The van der Waals surface area contributed by atoms with Crippen molar-refractivity contribution in [1.82, 2.24) is 14.8 Å². The third kappa shape index (κ3) is 5.74. The van der Waals surface area contributed by atoms with E-state index in [-0.39, 0.29) is 33.8 Å². The number of hydrogen-bond donors (Lipinski definition) is 0. The van der Waals surface area contributed by atoms with Gasteiger partial charge in [-0.15, -0.1) is 0 Å². The quantitative estimate of drug-likeness (QED) is 0.714. The molecule has 0 spiro atoms. The summed E-state index contributed by atoms with van der Waals surface area (Å²) >= 11 is 12.0. The summed E-state index contributed by atoms with van der Waals surface area (Å²) in [6.07, 6.45) is 1.44. The molecule has 1 fully saturated rings. The molecule has 0 aromatic carbocycles. The number of halogens is 2. The zero-order valence-electron chi connectivity index (χ0n) is 15.6. The van der Waals surface area contributed by atoms with Gasteiger partial charge < -0.3 is 14.5 Å². The Bertz CT molecular complexity index is 676. The molecule has 1 saturated heterocycles. The minimum Gasteiger partial charge on any atom is -0.444 e. The van der Waals surface area contributed by atoms with Crippen LogP contribution in [0.15, 0.2) is 12.1 Å². The van der Waals surface area contributed by atoms with Crippen LogP contribution >= 0.6 is 23.2 Å². The topological polar surface area (TPSA) is 62.7 Å². The molecule has 1 aromatic heterocycles. The molecule has 8 heteroatoms. The first-order valence-electron chi connectivity index (χ1n) is 8.62. The molecule has 1 aliphatic heterocycles. The number of nitrogens with zero attached hydrogens (tertiary/aromatic N) is 3. The summed E-state index contributed by atoms with van der Waals surface area (Å²) < 4.78 is 5.38. The van der Waals surface area contributed by atoms with Gasteiger partial charge in [-0.1, -0.05) is 23.2 Å². The SMILES string of the molecule is CN(CC1CCCN(C(=O)c2nc(Cl)ccc2Cl)C1)C(=O)OC(C)(C)C. The van der Waals surface area contributed by atoms with Crippen molar-refractivity contribution in [2.75, 3.05) is 26.7 Å². The molecule has 1 aliphatic rings. The van der Waals surface area contributed by atoms with Crippen LogP contribution < -0.4 is 0 Å². The van der Waals surface area contributed by atoms with Gasteiger partial charge in [-0.3, -0.25) is 4.79 Å². The summed E-state index contributed by atoms with van der Waals surface area (Å²) in [6, 6.07) is 3.12. The first-order chi connectivity index (χ1) is 12.1. The van der Waals surface area contributed by atoms with Gasteiger partial charge in [-0.2, -0.15) is 0 Å². The largest absolute Gasteiger partial charge is 0.444 e. The Hall–Kier alpha value is -1.53. The van der Waals surface area contributed by atoms with E-state index in [2.05, 4.69) is 4.98 Å². The van der Waals surface area contributed by atoms with Crippen LogP contribution in [0.4, 0.5) is 4.79 Å². The number of rotatable bonds is 3. The first-order valence-corrected chi connectivity index (χ1v) is 9.38. The van der Waals surface area contributed by atoms with E-state index in [1.165, 1.54) is 0 Å². The van der Waals surface area contributed by atoms with Crippen molar-refractivity contribution < 1.29 is 14.3 Å². The molecule has 0 bridgehead atoms. The maximum atomic E-state index is 12.7. The molecule has 2 heterocycles. The molecule has 2 amide bonds. The van der Waals surface area contributed by atoms with Crippen LogP contribution in [0, 0.1) is 5.92 Å². The fraction of sp³-hybridized carbons (Fsp3) is 0.611. The molecule has 1 unspecified atom stereocenters. The van der Waals surface area contributed by atoms with Crippen LogP contribution in [0.1, 0.15) is 44.1 Å². The number of hydrogen-bond acceptors (Lipinski definition) is 4.